The third kappa shape index (κ3) is 6.99. The molecular weight excluding hydrogens is 372 g/mol. The van der Waals surface area contributed by atoms with Gasteiger partial charge in [-0.15, -0.1) is 0 Å². The number of rotatable bonds is 10. The molecule has 0 atom stereocenters. The maximum atomic E-state index is 10.9. The second-order valence-electron chi connectivity index (χ2n) is 6.18. The van der Waals surface area contributed by atoms with Gasteiger partial charge >= 0.3 is 0 Å². The van der Waals surface area contributed by atoms with E-state index in [0.717, 1.165) is 29.0 Å². The second-order valence-corrected chi connectivity index (χ2v) is 6.18. The summed E-state index contributed by atoms with van der Waals surface area (Å²) in [5.41, 5.74) is 2.02. The van der Waals surface area contributed by atoms with Crippen molar-refractivity contribution in [3.05, 3.63) is 63.7 Å². The molecule has 156 valence electrons. The molecule has 0 unspecified atom stereocenters. The van der Waals surface area contributed by atoms with E-state index in [4.69, 9.17) is 9.47 Å². The summed E-state index contributed by atoms with van der Waals surface area (Å²) in [6.45, 7) is 6.18. The Morgan fingerprint density at radius 3 is 2.48 bits per heavy atom. The van der Waals surface area contributed by atoms with Crippen LogP contribution in [0, 0.1) is 10.1 Å². The molecule has 0 heterocycles. The Kier molecular flexibility index (Phi) is 8.75. The zero-order valence-electron chi connectivity index (χ0n) is 17.1. The maximum absolute atomic E-state index is 10.9. The maximum Gasteiger partial charge on any atom is 0.269 e. The van der Waals surface area contributed by atoms with Crippen LogP contribution in [0.2, 0.25) is 0 Å². The second kappa shape index (κ2) is 11.5. The predicted molar refractivity (Wildman–Crippen MR) is 114 cm³/mol. The molecule has 2 rings (SSSR count). The largest absolute Gasteiger partial charge is 0.490 e. The van der Waals surface area contributed by atoms with Crippen molar-refractivity contribution < 1.29 is 14.4 Å². The Balaban J connectivity index is 1.87. The van der Waals surface area contributed by atoms with Crippen LogP contribution in [0.1, 0.15) is 25.0 Å². The van der Waals surface area contributed by atoms with Crippen LogP contribution in [0.5, 0.6) is 11.5 Å². The third-order valence-corrected chi connectivity index (χ3v) is 4.12. The number of hydrogen-bond donors (Lipinski definition) is 2. The summed E-state index contributed by atoms with van der Waals surface area (Å²) in [5.74, 6) is 2.13. The molecule has 0 bridgehead atoms. The van der Waals surface area contributed by atoms with Crippen molar-refractivity contribution in [2.75, 3.05) is 26.8 Å². The van der Waals surface area contributed by atoms with Gasteiger partial charge in [-0.05, 0) is 43.5 Å². The monoisotopic (exact) mass is 400 g/mol. The van der Waals surface area contributed by atoms with Gasteiger partial charge in [0, 0.05) is 32.3 Å². The van der Waals surface area contributed by atoms with Gasteiger partial charge in [0.05, 0.1) is 18.1 Å². The van der Waals surface area contributed by atoms with Crippen molar-refractivity contribution >= 4 is 11.6 Å². The predicted octanol–water partition coefficient (Wildman–Crippen LogP) is 3.30. The lowest BCUT2D eigenvalue weighted by Gasteiger charge is -2.14. The first-order chi connectivity index (χ1) is 14.1. The number of nitro benzene ring substituents is 1. The average Bonchev–Trinajstić information content (AvgIpc) is 2.72. The Hall–Kier alpha value is -3.29. The van der Waals surface area contributed by atoms with Gasteiger partial charge in [0.25, 0.3) is 5.69 Å². The molecule has 0 aromatic heterocycles. The molecule has 2 aromatic carbocycles. The number of nitrogens with one attached hydrogen (secondary N) is 2. The van der Waals surface area contributed by atoms with E-state index in [1.54, 1.807) is 19.2 Å². The number of nitrogens with zero attached hydrogens (tertiary/aromatic N) is 2. The normalized spacial score (nSPS) is 11.1. The number of nitro groups is 1. The van der Waals surface area contributed by atoms with Crippen LogP contribution >= 0.6 is 0 Å². The minimum absolute atomic E-state index is 0.0767. The standard InChI is InChI=1S/C21H28N4O4/c1-4-28-19-10-9-16(14-20(19)29-5-2)11-12-23-21(22-3)24-15-17-7-6-8-18(13-17)25(26)27/h6-10,13-14H,4-5,11-12,15H2,1-3H3,(H2,22,23,24). The molecule has 0 fully saturated rings. The number of guanidine groups is 1. The Morgan fingerprint density at radius 1 is 1.03 bits per heavy atom. The lowest BCUT2D eigenvalue weighted by atomic mass is 10.1. The molecular formula is C21H28N4O4. The van der Waals surface area contributed by atoms with Gasteiger partial charge in [-0.1, -0.05) is 18.2 Å². The summed E-state index contributed by atoms with van der Waals surface area (Å²) < 4.78 is 11.3. The molecule has 0 aliphatic carbocycles. The van der Waals surface area contributed by atoms with Crippen molar-refractivity contribution in [3.63, 3.8) is 0 Å². The molecule has 2 N–H and O–H groups in total. The van der Waals surface area contributed by atoms with Crippen LogP contribution in [0.15, 0.2) is 47.5 Å². The number of non-ortho nitro benzene ring substituents is 1. The quantitative estimate of drug-likeness (QED) is 0.275. The number of hydrogen-bond acceptors (Lipinski definition) is 5. The van der Waals surface area contributed by atoms with Crippen LogP contribution in [0.3, 0.4) is 0 Å². The zero-order chi connectivity index (χ0) is 21.1. The van der Waals surface area contributed by atoms with Gasteiger partial charge in [-0.2, -0.15) is 0 Å². The highest BCUT2D eigenvalue weighted by Crippen LogP contribution is 2.28. The Labute approximate surface area is 171 Å². The fourth-order valence-corrected chi connectivity index (χ4v) is 2.76. The molecule has 0 saturated heterocycles. The van der Waals surface area contributed by atoms with E-state index in [2.05, 4.69) is 15.6 Å². The van der Waals surface area contributed by atoms with Crippen molar-refractivity contribution in [2.45, 2.75) is 26.8 Å². The minimum Gasteiger partial charge on any atom is -0.490 e. The van der Waals surface area contributed by atoms with Crippen molar-refractivity contribution in [1.29, 1.82) is 0 Å². The minimum atomic E-state index is -0.399. The number of aliphatic imine (C=N–C) groups is 1. The first-order valence-corrected chi connectivity index (χ1v) is 9.63. The average molecular weight is 400 g/mol. The van der Waals surface area contributed by atoms with E-state index >= 15 is 0 Å². The highest BCUT2D eigenvalue weighted by atomic mass is 16.6. The van der Waals surface area contributed by atoms with Gasteiger partial charge in [-0.25, -0.2) is 0 Å². The van der Waals surface area contributed by atoms with Crippen LogP contribution in [0.25, 0.3) is 0 Å². The molecule has 0 amide bonds. The molecule has 8 nitrogen and oxygen atoms in total. The lowest BCUT2D eigenvalue weighted by Crippen LogP contribution is -2.37. The molecule has 29 heavy (non-hydrogen) atoms. The van der Waals surface area contributed by atoms with Crippen LogP contribution < -0.4 is 20.1 Å². The van der Waals surface area contributed by atoms with Crippen LogP contribution in [-0.4, -0.2) is 37.7 Å². The van der Waals surface area contributed by atoms with Gasteiger partial charge in [0.2, 0.25) is 0 Å². The van der Waals surface area contributed by atoms with Crippen molar-refractivity contribution in [1.82, 2.24) is 10.6 Å². The van der Waals surface area contributed by atoms with Gasteiger partial charge in [0.1, 0.15) is 0 Å². The van der Waals surface area contributed by atoms with E-state index in [9.17, 15) is 10.1 Å². The molecule has 8 heteroatoms. The number of ether oxygens (including phenoxy) is 2. The summed E-state index contributed by atoms with van der Waals surface area (Å²) in [4.78, 5) is 14.7. The molecule has 2 aromatic rings. The van der Waals surface area contributed by atoms with Gasteiger partial charge in [0.15, 0.2) is 17.5 Å². The Bertz CT molecular complexity index is 839. The summed E-state index contributed by atoms with van der Waals surface area (Å²) >= 11 is 0. The topological polar surface area (TPSA) is 98.0 Å². The molecule has 0 saturated carbocycles. The molecule has 0 radical (unpaired) electrons. The summed E-state index contributed by atoms with van der Waals surface area (Å²) in [5, 5.41) is 17.3. The molecule has 0 aliphatic rings. The first-order valence-electron chi connectivity index (χ1n) is 9.63. The van der Waals surface area contributed by atoms with Crippen LogP contribution in [-0.2, 0) is 13.0 Å². The van der Waals surface area contributed by atoms with Gasteiger partial charge in [-0.3, -0.25) is 15.1 Å². The lowest BCUT2D eigenvalue weighted by molar-refractivity contribution is -0.384. The van der Waals surface area contributed by atoms with E-state index in [1.807, 2.05) is 38.1 Å². The van der Waals surface area contributed by atoms with E-state index < -0.39 is 4.92 Å². The van der Waals surface area contributed by atoms with Crippen molar-refractivity contribution in [2.24, 2.45) is 4.99 Å². The third-order valence-electron chi connectivity index (χ3n) is 4.12. The summed E-state index contributed by atoms with van der Waals surface area (Å²) in [6.07, 6.45) is 0.782. The fraction of sp³-hybridized carbons (Fsp3) is 0.381. The molecule has 0 spiro atoms. The Morgan fingerprint density at radius 2 is 1.79 bits per heavy atom. The van der Waals surface area contributed by atoms with E-state index in [-0.39, 0.29) is 5.69 Å². The van der Waals surface area contributed by atoms with Crippen LogP contribution in [0.4, 0.5) is 5.69 Å². The smallest absolute Gasteiger partial charge is 0.269 e. The van der Waals surface area contributed by atoms with E-state index in [0.29, 0.717) is 32.3 Å². The van der Waals surface area contributed by atoms with Crippen molar-refractivity contribution in [3.8, 4) is 11.5 Å². The zero-order valence-corrected chi connectivity index (χ0v) is 17.1. The van der Waals surface area contributed by atoms with Gasteiger partial charge < -0.3 is 20.1 Å². The fourth-order valence-electron chi connectivity index (χ4n) is 2.76. The highest BCUT2D eigenvalue weighted by molar-refractivity contribution is 5.79. The SMILES string of the molecule is CCOc1ccc(CCNC(=NC)NCc2cccc([N+](=O)[O-])c2)cc1OCC. The van der Waals surface area contributed by atoms with E-state index in [1.165, 1.54) is 6.07 Å². The highest BCUT2D eigenvalue weighted by Gasteiger charge is 2.08. The first kappa shape index (κ1) is 22.0. The summed E-state index contributed by atoms with van der Waals surface area (Å²) in [6, 6.07) is 12.5. The number of benzene rings is 2. The summed E-state index contributed by atoms with van der Waals surface area (Å²) in [7, 11) is 1.69. The molecule has 0 aliphatic heterocycles.